The van der Waals surface area contributed by atoms with Crippen LogP contribution in [0.2, 0.25) is 0 Å². The molecule has 0 saturated heterocycles. The SMILES string of the molecule is COc1ccc2c(c1[N+](=O)[O-])C(O)(CC#N)C(C)C2C. The van der Waals surface area contributed by atoms with Gasteiger partial charge in [-0.05, 0) is 23.5 Å². The van der Waals surface area contributed by atoms with Crippen molar-refractivity contribution in [3.05, 3.63) is 33.4 Å². The lowest BCUT2D eigenvalue weighted by atomic mass is 9.83. The summed E-state index contributed by atoms with van der Waals surface area (Å²) in [5.41, 5.74) is -0.814. The maximum Gasteiger partial charge on any atom is 0.317 e. The number of nitrogens with zero attached hydrogens (tertiary/aromatic N) is 2. The molecule has 0 radical (unpaired) electrons. The fourth-order valence-corrected chi connectivity index (χ4v) is 3.05. The highest BCUT2D eigenvalue weighted by atomic mass is 16.6. The van der Waals surface area contributed by atoms with Crippen molar-refractivity contribution >= 4 is 5.69 Å². The summed E-state index contributed by atoms with van der Waals surface area (Å²) in [6.45, 7) is 3.70. The van der Waals surface area contributed by atoms with Gasteiger partial charge in [0, 0.05) is 0 Å². The predicted octanol–water partition coefficient (Wildman–Crippen LogP) is 2.46. The molecule has 1 N–H and O–H groups in total. The molecular formula is C14H16N2O4. The fourth-order valence-electron chi connectivity index (χ4n) is 3.05. The molecule has 0 saturated carbocycles. The Balaban J connectivity index is 2.81. The second-order valence-electron chi connectivity index (χ2n) is 5.17. The molecule has 0 aromatic heterocycles. The Morgan fingerprint density at radius 2 is 2.20 bits per heavy atom. The molecule has 1 aromatic carbocycles. The lowest BCUT2D eigenvalue weighted by Crippen LogP contribution is -2.30. The van der Waals surface area contributed by atoms with Crippen molar-refractivity contribution in [3.63, 3.8) is 0 Å². The molecule has 1 aromatic rings. The first-order valence-corrected chi connectivity index (χ1v) is 6.33. The van der Waals surface area contributed by atoms with Gasteiger partial charge in [0.2, 0.25) is 0 Å². The second-order valence-corrected chi connectivity index (χ2v) is 5.17. The van der Waals surface area contributed by atoms with Crippen LogP contribution in [0.15, 0.2) is 12.1 Å². The van der Waals surface area contributed by atoms with E-state index in [-0.39, 0.29) is 35.3 Å². The van der Waals surface area contributed by atoms with Crippen molar-refractivity contribution in [1.29, 1.82) is 5.26 Å². The Hall–Kier alpha value is -2.13. The zero-order chi connectivity index (χ0) is 15.1. The van der Waals surface area contributed by atoms with Crippen LogP contribution < -0.4 is 4.74 Å². The van der Waals surface area contributed by atoms with E-state index in [9.17, 15) is 15.2 Å². The van der Waals surface area contributed by atoms with Crippen LogP contribution in [0, 0.1) is 27.4 Å². The van der Waals surface area contributed by atoms with Crippen LogP contribution in [-0.2, 0) is 5.60 Å². The van der Waals surface area contributed by atoms with E-state index in [1.54, 1.807) is 13.0 Å². The molecule has 0 bridgehead atoms. The number of benzene rings is 1. The monoisotopic (exact) mass is 276 g/mol. The quantitative estimate of drug-likeness (QED) is 0.675. The van der Waals surface area contributed by atoms with Crippen LogP contribution in [0.3, 0.4) is 0 Å². The van der Waals surface area contributed by atoms with Crippen molar-refractivity contribution in [1.82, 2.24) is 0 Å². The summed E-state index contributed by atoms with van der Waals surface area (Å²) in [5, 5.41) is 31.2. The Bertz CT molecular complexity index is 608. The highest BCUT2D eigenvalue weighted by Gasteiger charge is 2.52. The summed E-state index contributed by atoms with van der Waals surface area (Å²) < 4.78 is 5.04. The third-order valence-corrected chi connectivity index (χ3v) is 4.35. The molecule has 1 aliphatic carbocycles. The number of aliphatic hydroxyl groups is 1. The Labute approximate surface area is 116 Å². The molecule has 2 rings (SSSR count). The molecule has 0 amide bonds. The number of fused-ring (bicyclic) bond motifs is 1. The minimum absolute atomic E-state index is 0.0621. The molecule has 3 unspecified atom stereocenters. The van der Waals surface area contributed by atoms with E-state index in [0.29, 0.717) is 5.56 Å². The minimum atomic E-state index is -1.51. The number of nitriles is 1. The molecule has 6 heteroatoms. The summed E-state index contributed by atoms with van der Waals surface area (Å²) in [4.78, 5) is 10.8. The molecule has 3 atom stereocenters. The van der Waals surface area contributed by atoms with Gasteiger partial charge in [-0.15, -0.1) is 0 Å². The number of nitro groups is 1. The van der Waals surface area contributed by atoms with Gasteiger partial charge in [-0.3, -0.25) is 10.1 Å². The predicted molar refractivity (Wildman–Crippen MR) is 71.4 cm³/mol. The van der Waals surface area contributed by atoms with Crippen molar-refractivity contribution in [2.75, 3.05) is 7.11 Å². The van der Waals surface area contributed by atoms with E-state index in [4.69, 9.17) is 10.00 Å². The van der Waals surface area contributed by atoms with E-state index in [2.05, 4.69) is 0 Å². The summed E-state index contributed by atoms with van der Waals surface area (Å²) in [7, 11) is 1.35. The molecule has 0 spiro atoms. The largest absolute Gasteiger partial charge is 0.490 e. The van der Waals surface area contributed by atoms with Crippen LogP contribution in [0.1, 0.15) is 37.3 Å². The molecule has 0 heterocycles. The van der Waals surface area contributed by atoms with Gasteiger partial charge in [0.1, 0.15) is 5.60 Å². The van der Waals surface area contributed by atoms with Crippen LogP contribution in [-0.4, -0.2) is 17.1 Å². The highest BCUT2D eigenvalue weighted by molar-refractivity contribution is 5.62. The van der Waals surface area contributed by atoms with Gasteiger partial charge in [-0.25, -0.2) is 0 Å². The second kappa shape index (κ2) is 4.76. The van der Waals surface area contributed by atoms with Gasteiger partial charge in [-0.2, -0.15) is 5.26 Å². The normalized spacial score (nSPS) is 27.8. The smallest absolute Gasteiger partial charge is 0.317 e. The van der Waals surface area contributed by atoms with Crippen molar-refractivity contribution < 1.29 is 14.8 Å². The van der Waals surface area contributed by atoms with E-state index >= 15 is 0 Å². The minimum Gasteiger partial charge on any atom is -0.490 e. The molecule has 20 heavy (non-hydrogen) atoms. The van der Waals surface area contributed by atoms with Crippen molar-refractivity contribution in [2.24, 2.45) is 5.92 Å². The topological polar surface area (TPSA) is 96.4 Å². The van der Waals surface area contributed by atoms with Crippen LogP contribution >= 0.6 is 0 Å². The first-order chi connectivity index (χ1) is 9.38. The van der Waals surface area contributed by atoms with E-state index in [1.165, 1.54) is 13.2 Å². The third kappa shape index (κ3) is 1.74. The number of ether oxygens (including phenoxy) is 1. The standard InChI is InChI=1S/C14H16N2O4/c1-8-9(2)14(17,6-7-15)12-10(8)4-5-11(20-3)13(12)16(18)19/h4-5,8-9,17H,6H2,1-3H3. The summed E-state index contributed by atoms with van der Waals surface area (Å²) in [6.07, 6.45) is -0.181. The zero-order valence-corrected chi connectivity index (χ0v) is 11.6. The van der Waals surface area contributed by atoms with Crippen LogP contribution in [0.25, 0.3) is 0 Å². The zero-order valence-electron chi connectivity index (χ0n) is 11.6. The maximum absolute atomic E-state index is 11.4. The summed E-state index contributed by atoms with van der Waals surface area (Å²) in [5.74, 6) is -0.234. The summed E-state index contributed by atoms with van der Waals surface area (Å²) in [6, 6.07) is 5.21. The summed E-state index contributed by atoms with van der Waals surface area (Å²) >= 11 is 0. The molecule has 0 fully saturated rings. The van der Waals surface area contributed by atoms with Gasteiger partial charge in [0.05, 0.1) is 30.1 Å². The van der Waals surface area contributed by atoms with Crippen molar-refractivity contribution in [2.45, 2.75) is 31.8 Å². The van der Waals surface area contributed by atoms with E-state index in [0.717, 1.165) is 0 Å². The van der Waals surface area contributed by atoms with Gasteiger partial charge < -0.3 is 9.84 Å². The molecular weight excluding hydrogens is 260 g/mol. The van der Waals surface area contributed by atoms with E-state index < -0.39 is 10.5 Å². The average molecular weight is 276 g/mol. The Morgan fingerprint density at radius 3 is 2.70 bits per heavy atom. The molecule has 0 aliphatic heterocycles. The van der Waals surface area contributed by atoms with Crippen LogP contribution in [0.5, 0.6) is 5.75 Å². The van der Waals surface area contributed by atoms with Crippen LogP contribution in [0.4, 0.5) is 5.69 Å². The third-order valence-electron chi connectivity index (χ3n) is 4.35. The van der Waals surface area contributed by atoms with E-state index in [1.807, 2.05) is 13.0 Å². The number of hydrogen-bond donors (Lipinski definition) is 1. The first kappa shape index (κ1) is 14.3. The van der Waals surface area contributed by atoms with Crippen molar-refractivity contribution in [3.8, 4) is 11.8 Å². The lowest BCUT2D eigenvalue weighted by Gasteiger charge is -2.27. The first-order valence-electron chi connectivity index (χ1n) is 6.33. The highest BCUT2D eigenvalue weighted by Crippen LogP contribution is 2.55. The Morgan fingerprint density at radius 1 is 1.55 bits per heavy atom. The number of methoxy groups -OCH3 is 1. The Kier molecular flexibility index (Phi) is 3.40. The number of nitro benzene ring substituents is 1. The molecule has 1 aliphatic rings. The maximum atomic E-state index is 11.4. The number of rotatable bonds is 3. The molecule has 6 nitrogen and oxygen atoms in total. The van der Waals surface area contributed by atoms with Gasteiger partial charge in [-0.1, -0.05) is 19.9 Å². The van der Waals surface area contributed by atoms with Gasteiger partial charge >= 0.3 is 5.69 Å². The number of hydrogen-bond acceptors (Lipinski definition) is 5. The van der Waals surface area contributed by atoms with Gasteiger partial charge in [0.25, 0.3) is 0 Å². The average Bonchev–Trinajstić information content (AvgIpc) is 2.60. The lowest BCUT2D eigenvalue weighted by molar-refractivity contribution is -0.387. The molecule has 106 valence electrons. The van der Waals surface area contributed by atoms with Gasteiger partial charge in [0.15, 0.2) is 5.75 Å². The fraction of sp³-hybridized carbons (Fsp3) is 0.500.